The summed E-state index contributed by atoms with van der Waals surface area (Å²) in [5, 5.41) is 10.2. The molecule has 0 saturated carbocycles. The van der Waals surface area contributed by atoms with Crippen LogP contribution in [0, 0.1) is 11.8 Å². The average Bonchev–Trinajstić information content (AvgIpc) is 2.85. The van der Waals surface area contributed by atoms with Crippen LogP contribution in [0.3, 0.4) is 0 Å². The summed E-state index contributed by atoms with van der Waals surface area (Å²) in [5.74, 6) is 6.83. The van der Waals surface area contributed by atoms with Gasteiger partial charge in [0.2, 0.25) is 0 Å². The molecule has 0 amide bonds. The van der Waals surface area contributed by atoms with E-state index in [2.05, 4.69) is 55.9 Å². The first-order valence-corrected chi connectivity index (χ1v) is 11.8. The van der Waals surface area contributed by atoms with Gasteiger partial charge in [-0.1, -0.05) is 42.2 Å². The van der Waals surface area contributed by atoms with E-state index in [0.717, 1.165) is 49.3 Å². The average molecular weight is 439 g/mol. The smallest absolute Gasteiger partial charge is 0.115 e. The molecule has 3 heterocycles. The molecular weight excluding hydrogens is 408 g/mol. The van der Waals surface area contributed by atoms with Crippen molar-refractivity contribution in [3.63, 3.8) is 0 Å². The number of rotatable bonds is 4. The zero-order valence-corrected chi connectivity index (χ0v) is 18.8. The van der Waals surface area contributed by atoms with Gasteiger partial charge < -0.3 is 5.11 Å². The van der Waals surface area contributed by atoms with Crippen LogP contribution in [-0.2, 0) is 6.54 Å². The van der Waals surface area contributed by atoms with Gasteiger partial charge in [-0.3, -0.25) is 9.80 Å². The second kappa shape index (κ2) is 10.3. The van der Waals surface area contributed by atoms with Crippen molar-refractivity contribution in [2.45, 2.75) is 37.4 Å². The van der Waals surface area contributed by atoms with E-state index in [9.17, 15) is 5.11 Å². The monoisotopic (exact) mass is 438 g/mol. The molecule has 5 nitrogen and oxygen atoms in total. The summed E-state index contributed by atoms with van der Waals surface area (Å²) in [6.07, 6.45) is 7.74. The molecule has 2 aromatic carbocycles. The summed E-state index contributed by atoms with van der Waals surface area (Å²) >= 11 is 0. The minimum atomic E-state index is 0.191. The van der Waals surface area contributed by atoms with Crippen LogP contribution in [0.1, 0.15) is 41.0 Å². The van der Waals surface area contributed by atoms with E-state index < -0.39 is 0 Å². The van der Waals surface area contributed by atoms with E-state index in [1.54, 1.807) is 6.33 Å². The number of fused-ring (bicyclic) bond motifs is 1. The Morgan fingerprint density at radius 3 is 2.30 bits per heavy atom. The normalized spacial score (nSPS) is 23.4. The largest absolute Gasteiger partial charge is 0.395 e. The lowest BCUT2D eigenvalue weighted by Crippen LogP contribution is -2.67. The lowest BCUT2D eigenvalue weighted by molar-refractivity contribution is -0.0655. The Kier molecular flexibility index (Phi) is 6.78. The molecule has 2 fully saturated rings. The predicted octanol–water partition coefficient (Wildman–Crippen LogP) is 3.30. The second-order valence-electron chi connectivity index (χ2n) is 9.01. The van der Waals surface area contributed by atoms with Gasteiger partial charge in [-0.25, -0.2) is 9.97 Å². The fourth-order valence-corrected chi connectivity index (χ4v) is 5.28. The Morgan fingerprint density at radius 1 is 0.879 bits per heavy atom. The molecule has 1 N–H and O–H groups in total. The number of aliphatic hydroxyl groups excluding tert-OH is 1. The van der Waals surface area contributed by atoms with E-state index in [1.807, 2.05) is 42.7 Å². The zero-order valence-electron chi connectivity index (χ0n) is 18.8. The third-order valence-electron chi connectivity index (χ3n) is 6.89. The summed E-state index contributed by atoms with van der Waals surface area (Å²) in [7, 11) is 0. The Bertz CT molecular complexity index is 1090. The van der Waals surface area contributed by atoms with Gasteiger partial charge in [0.25, 0.3) is 0 Å². The van der Waals surface area contributed by atoms with Crippen LogP contribution in [-0.4, -0.2) is 63.2 Å². The van der Waals surface area contributed by atoms with Gasteiger partial charge in [0.15, 0.2) is 0 Å². The van der Waals surface area contributed by atoms with Crippen molar-refractivity contribution < 1.29 is 5.11 Å². The molecule has 0 spiro atoms. The molecule has 5 rings (SSSR count). The van der Waals surface area contributed by atoms with Crippen molar-refractivity contribution in [3.8, 4) is 11.8 Å². The van der Waals surface area contributed by atoms with E-state index in [-0.39, 0.29) is 12.6 Å². The van der Waals surface area contributed by atoms with Gasteiger partial charge in [0, 0.05) is 60.2 Å². The Morgan fingerprint density at radius 2 is 1.58 bits per heavy atom. The first-order valence-electron chi connectivity index (χ1n) is 11.8. The Labute approximate surface area is 196 Å². The summed E-state index contributed by atoms with van der Waals surface area (Å²) in [5.41, 5.74) is 4.49. The van der Waals surface area contributed by atoms with E-state index in [4.69, 9.17) is 0 Å². The van der Waals surface area contributed by atoms with Crippen LogP contribution < -0.4 is 0 Å². The molecule has 0 aliphatic carbocycles. The SMILES string of the molecule is OC[C@@H]1[C@@H](c2ccc(C#Cc3ccccc3)cc2)[C@@H]2CN(Cc3cncnc3)CCCCN12. The minimum Gasteiger partial charge on any atom is -0.395 e. The van der Waals surface area contributed by atoms with Crippen molar-refractivity contribution in [2.75, 3.05) is 26.2 Å². The maximum Gasteiger partial charge on any atom is 0.115 e. The molecule has 5 heteroatoms. The van der Waals surface area contributed by atoms with Crippen molar-refractivity contribution in [3.05, 3.63) is 95.6 Å². The van der Waals surface area contributed by atoms with E-state index >= 15 is 0 Å². The number of hydrogen-bond acceptors (Lipinski definition) is 5. The maximum atomic E-state index is 10.2. The molecule has 0 bridgehead atoms. The Hall–Kier alpha value is -3.04. The molecule has 2 aliphatic rings. The molecule has 33 heavy (non-hydrogen) atoms. The van der Waals surface area contributed by atoms with Gasteiger partial charge in [-0.15, -0.1) is 0 Å². The Balaban J connectivity index is 1.32. The van der Waals surface area contributed by atoms with Crippen molar-refractivity contribution in [1.29, 1.82) is 0 Å². The second-order valence-corrected chi connectivity index (χ2v) is 9.01. The van der Waals surface area contributed by atoms with Gasteiger partial charge in [0.05, 0.1) is 6.61 Å². The van der Waals surface area contributed by atoms with Gasteiger partial charge in [-0.2, -0.15) is 0 Å². The topological polar surface area (TPSA) is 52.5 Å². The number of benzene rings is 2. The van der Waals surface area contributed by atoms with Crippen LogP contribution >= 0.6 is 0 Å². The van der Waals surface area contributed by atoms with E-state index in [1.165, 1.54) is 12.0 Å². The first-order chi connectivity index (χ1) is 16.3. The molecule has 0 unspecified atom stereocenters. The molecular formula is C28H30N4O. The van der Waals surface area contributed by atoms with Crippen LogP contribution in [0.15, 0.2) is 73.3 Å². The molecule has 168 valence electrons. The molecule has 0 radical (unpaired) electrons. The highest BCUT2D eigenvalue weighted by atomic mass is 16.3. The minimum absolute atomic E-state index is 0.191. The molecule has 1 aromatic heterocycles. The highest BCUT2D eigenvalue weighted by molar-refractivity contribution is 5.44. The zero-order chi connectivity index (χ0) is 22.5. The third kappa shape index (κ3) is 4.99. The van der Waals surface area contributed by atoms with Crippen LogP contribution in [0.4, 0.5) is 0 Å². The highest BCUT2D eigenvalue weighted by Crippen LogP contribution is 2.42. The fourth-order valence-electron chi connectivity index (χ4n) is 5.28. The van der Waals surface area contributed by atoms with Crippen LogP contribution in [0.25, 0.3) is 0 Å². The summed E-state index contributed by atoms with van der Waals surface area (Å²) in [6.45, 7) is 4.21. The van der Waals surface area contributed by atoms with Crippen molar-refractivity contribution in [2.24, 2.45) is 0 Å². The van der Waals surface area contributed by atoms with Crippen molar-refractivity contribution in [1.82, 2.24) is 19.8 Å². The number of aromatic nitrogens is 2. The van der Waals surface area contributed by atoms with Crippen LogP contribution in [0.5, 0.6) is 0 Å². The molecule has 2 aliphatic heterocycles. The van der Waals surface area contributed by atoms with Crippen LogP contribution in [0.2, 0.25) is 0 Å². The number of hydrogen-bond donors (Lipinski definition) is 1. The first kappa shape index (κ1) is 21.8. The molecule has 2 saturated heterocycles. The van der Waals surface area contributed by atoms with Gasteiger partial charge in [-0.05, 0) is 55.8 Å². The summed E-state index contributed by atoms with van der Waals surface area (Å²) in [4.78, 5) is 13.4. The molecule has 3 aromatic rings. The molecule has 3 atom stereocenters. The quantitative estimate of drug-likeness (QED) is 0.634. The standard InChI is InChI=1S/C28H30N4O/c33-20-27-28(25-12-10-23(11-13-25)9-8-22-6-2-1-3-7-22)26-19-31(14-4-5-15-32(26)27)18-24-16-29-21-30-17-24/h1-3,6-7,10-13,16-17,21,26-28,33H,4-5,14-15,18-20H2/t26-,27+,28-/m0/s1. The lowest BCUT2D eigenvalue weighted by atomic mass is 9.74. The van der Waals surface area contributed by atoms with Crippen molar-refractivity contribution >= 4 is 0 Å². The maximum absolute atomic E-state index is 10.2. The number of aliphatic hydroxyl groups is 1. The van der Waals surface area contributed by atoms with E-state index in [0.29, 0.717) is 12.0 Å². The third-order valence-corrected chi connectivity index (χ3v) is 6.89. The summed E-state index contributed by atoms with van der Waals surface area (Å²) in [6, 6.07) is 19.3. The van der Waals surface area contributed by atoms with Gasteiger partial charge >= 0.3 is 0 Å². The lowest BCUT2D eigenvalue weighted by Gasteiger charge is -2.57. The predicted molar refractivity (Wildman–Crippen MR) is 130 cm³/mol. The highest BCUT2D eigenvalue weighted by Gasteiger charge is 2.48. The summed E-state index contributed by atoms with van der Waals surface area (Å²) < 4.78 is 0. The van der Waals surface area contributed by atoms with Gasteiger partial charge in [0.1, 0.15) is 6.33 Å². The fraction of sp³-hybridized carbons (Fsp3) is 0.357. The number of nitrogens with zero attached hydrogens (tertiary/aromatic N) is 4.